The molecule has 0 saturated heterocycles. The van der Waals surface area contributed by atoms with Crippen molar-refractivity contribution < 1.29 is 15.0 Å². The molecule has 0 spiro atoms. The number of rotatable bonds is 11. The number of hydrogen-bond acceptors (Lipinski definition) is 2. The number of carbonyl (C=O) groups is 1. The quantitative estimate of drug-likeness (QED) is 0.448. The lowest BCUT2D eigenvalue weighted by atomic mass is 10.0. The van der Waals surface area contributed by atoms with E-state index in [1.165, 1.54) is 32.1 Å². The molecular formula is C19H30O3. The third-order valence-electron chi connectivity index (χ3n) is 3.57. The predicted octanol–water partition coefficient (Wildman–Crippen LogP) is 4.00. The van der Waals surface area contributed by atoms with E-state index in [-0.39, 0.29) is 12.3 Å². The summed E-state index contributed by atoms with van der Waals surface area (Å²) in [5.74, 6) is 9.85. The van der Waals surface area contributed by atoms with Crippen molar-refractivity contribution in [3.8, 4) is 23.7 Å². The number of aliphatic carboxylic acids is 1. The summed E-state index contributed by atoms with van der Waals surface area (Å²) < 4.78 is 0. The molecule has 0 radical (unpaired) electrons. The van der Waals surface area contributed by atoms with E-state index in [0.29, 0.717) is 12.8 Å². The van der Waals surface area contributed by atoms with Gasteiger partial charge < -0.3 is 10.2 Å². The van der Waals surface area contributed by atoms with Crippen LogP contribution in [0.1, 0.15) is 78.1 Å². The molecule has 124 valence electrons. The first-order chi connectivity index (χ1) is 10.6. The van der Waals surface area contributed by atoms with E-state index in [9.17, 15) is 9.90 Å². The molecule has 22 heavy (non-hydrogen) atoms. The van der Waals surface area contributed by atoms with Crippen molar-refractivity contribution in [2.75, 3.05) is 0 Å². The van der Waals surface area contributed by atoms with Crippen molar-refractivity contribution in [2.45, 2.75) is 84.2 Å². The average molecular weight is 306 g/mol. The van der Waals surface area contributed by atoms with E-state index in [1.807, 2.05) is 6.92 Å². The molecule has 0 aromatic heterocycles. The number of aliphatic hydroxyl groups is 1. The van der Waals surface area contributed by atoms with Gasteiger partial charge in [-0.05, 0) is 31.1 Å². The molecule has 0 amide bonds. The number of unbranched alkanes of at least 4 members (excludes halogenated alkanes) is 6. The van der Waals surface area contributed by atoms with Gasteiger partial charge in [-0.1, -0.05) is 64.2 Å². The van der Waals surface area contributed by atoms with E-state index in [2.05, 4.69) is 30.6 Å². The topological polar surface area (TPSA) is 57.5 Å². The fourth-order valence-corrected chi connectivity index (χ4v) is 2.13. The van der Waals surface area contributed by atoms with Gasteiger partial charge in [0.15, 0.2) is 0 Å². The van der Waals surface area contributed by atoms with Crippen LogP contribution in [0.3, 0.4) is 0 Å². The van der Waals surface area contributed by atoms with E-state index in [0.717, 1.165) is 12.8 Å². The first-order valence-electron chi connectivity index (χ1n) is 8.51. The Morgan fingerprint density at radius 2 is 1.55 bits per heavy atom. The van der Waals surface area contributed by atoms with Crippen LogP contribution >= 0.6 is 0 Å². The molecular weight excluding hydrogens is 276 g/mol. The second-order valence-electron chi connectivity index (χ2n) is 5.67. The molecule has 2 unspecified atom stereocenters. The Kier molecular flexibility index (Phi) is 13.5. The average Bonchev–Trinajstić information content (AvgIpc) is 2.49. The normalized spacial score (nSPS) is 12.5. The highest BCUT2D eigenvalue weighted by atomic mass is 16.4. The lowest BCUT2D eigenvalue weighted by Crippen LogP contribution is -2.04. The number of hydrogen-bond donors (Lipinski definition) is 2. The largest absolute Gasteiger partial charge is 0.481 e. The molecule has 0 aromatic rings. The zero-order valence-electron chi connectivity index (χ0n) is 14.0. The summed E-state index contributed by atoms with van der Waals surface area (Å²) in [5, 5.41) is 18.4. The van der Waals surface area contributed by atoms with Crippen LogP contribution in [0.5, 0.6) is 0 Å². The molecule has 0 aromatic carbocycles. The van der Waals surface area contributed by atoms with Crippen molar-refractivity contribution in [3.63, 3.8) is 0 Å². The van der Waals surface area contributed by atoms with Gasteiger partial charge in [-0.25, -0.2) is 0 Å². The molecule has 0 aliphatic carbocycles. The molecule has 0 bridgehead atoms. The lowest BCUT2D eigenvalue weighted by Gasteiger charge is -2.03. The molecule has 0 rings (SSSR count). The summed E-state index contributed by atoms with van der Waals surface area (Å²) in [5.41, 5.74) is 0. The Bertz CT molecular complexity index is 406. The summed E-state index contributed by atoms with van der Waals surface area (Å²) in [4.78, 5) is 10.6. The minimum Gasteiger partial charge on any atom is -0.481 e. The Morgan fingerprint density at radius 3 is 2.14 bits per heavy atom. The van der Waals surface area contributed by atoms with Crippen LogP contribution in [0.4, 0.5) is 0 Å². The molecule has 3 nitrogen and oxygen atoms in total. The third kappa shape index (κ3) is 13.5. The van der Waals surface area contributed by atoms with Gasteiger partial charge in [0.2, 0.25) is 0 Å². The Balaban J connectivity index is 3.84. The van der Waals surface area contributed by atoms with Gasteiger partial charge in [-0.15, -0.1) is 0 Å². The first kappa shape index (κ1) is 20.6. The molecule has 3 heteroatoms. The van der Waals surface area contributed by atoms with Gasteiger partial charge in [0.05, 0.1) is 6.42 Å². The predicted molar refractivity (Wildman–Crippen MR) is 90.2 cm³/mol. The minimum atomic E-state index is -0.840. The minimum absolute atomic E-state index is 0.0474. The molecule has 0 heterocycles. The molecule has 0 aliphatic rings. The SMILES string of the molecule is CCCCCCCCCC(O)C#CC#CC(CC)CC(=O)O. The number of carboxylic acid groups (broad SMARTS) is 1. The molecule has 0 fully saturated rings. The van der Waals surface area contributed by atoms with E-state index in [1.54, 1.807) is 0 Å². The first-order valence-corrected chi connectivity index (χ1v) is 8.51. The van der Waals surface area contributed by atoms with E-state index >= 15 is 0 Å². The molecule has 2 atom stereocenters. The second kappa shape index (κ2) is 14.5. The van der Waals surface area contributed by atoms with Crippen molar-refractivity contribution in [1.29, 1.82) is 0 Å². The van der Waals surface area contributed by atoms with Crippen LogP contribution in [0, 0.1) is 29.6 Å². The third-order valence-corrected chi connectivity index (χ3v) is 3.57. The lowest BCUT2D eigenvalue weighted by molar-refractivity contribution is -0.137. The summed E-state index contributed by atoms with van der Waals surface area (Å²) in [6, 6.07) is 0. The van der Waals surface area contributed by atoms with Crippen molar-refractivity contribution in [3.05, 3.63) is 0 Å². The highest BCUT2D eigenvalue weighted by molar-refractivity contribution is 5.67. The van der Waals surface area contributed by atoms with Gasteiger partial charge in [0.25, 0.3) is 0 Å². The summed E-state index contributed by atoms with van der Waals surface area (Å²) in [6.45, 7) is 4.12. The highest BCUT2D eigenvalue weighted by Gasteiger charge is 2.06. The number of aliphatic hydroxyl groups excluding tert-OH is 1. The zero-order valence-corrected chi connectivity index (χ0v) is 14.0. The fraction of sp³-hybridized carbons (Fsp3) is 0.737. The van der Waals surface area contributed by atoms with Crippen molar-refractivity contribution in [2.24, 2.45) is 5.92 Å². The standard InChI is InChI=1S/C19H30O3/c1-3-5-6-7-8-9-10-14-18(20)15-12-11-13-17(4-2)16-19(21)22/h17-18,20H,3-10,14,16H2,1-2H3,(H,21,22). The van der Waals surface area contributed by atoms with Crippen LogP contribution < -0.4 is 0 Å². The summed E-state index contributed by atoms with van der Waals surface area (Å²) in [6.07, 6.45) is 9.34. The smallest absolute Gasteiger partial charge is 0.304 e. The second-order valence-corrected chi connectivity index (χ2v) is 5.67. The maximum atomic E-state index is 10.6. The van der Waals surface area contributed by atoms with E-state index in [4.69, 9.17) is 5.11 Å². The van der Waals surface area contributed by atoms with Crippen LogP contribution in [0.15, 0.2) is 0 Å². The van der Waals surface area contributed by atoms with Crippen molar-refractivity contribution in [1.82, 2.24) is 0 Å². The van der Waals surface area contributed by atoms with Gasteiger partial charge >= 0.3 is 5.97 Å². The van der Waals surface area contributed by atoms with Crippen LogP contribution in [0.2, 0.25) is 0 Å². The van der Waals surface area contributed by atoms with E-state index < -0.39 is 12.1 Å². The zero-order chi connectivity index (χ0) is 16.6. The Labute approximate surface area is 135 Å². The maximum Gasteiger partial charge on any atom is 0.304 e. The highest BCUT2D eigenvalue weighted by Crippen LogP contribution is 2.09. The molecule has 0 aliphatic heterocycles. The molecule has 0 saturated carbocycles. The van der Waals surface area contributed by atoms with Crippen LogP contribution in [0.25, 0.3) is 0 Å². The monoisotopic (exact) mass is 306 g/mol. The summed E-state index contributed by atoms with van der Waals surface area (Å²) in [7, 11) is 0. The van der Waals surface area contributed by atoms with Crippen LogP contribution in [-0.2, 0) is 4.79 Å². The molecule has 2 N–H and O–H groups in total. The van der Waals surface area contributed by atoms with Crippen LogP contribution in [-0.4, -0.2) is 22.3 Å². The number of carboxylic acids is 1. The Morgan fingerprint density at radius 1 is 0.955 bits per heavy atom. The van der Waals surface area contributed by atoms with Gasteiger partial charge in [0, 0.05) is 5.92 Å². The van der Waals surface area contributed by atoms with Gasteiger partial charge in [-0.3, -0.25) is 4.79 Å². The maximum absolute atomic E-state index is 10.6. The van der Waals surface area contributed by atoms with Crippen molar-refractivity contribution >= 4 is 5.97 Å². The fourth-order valence-electron chi connectivity index (χ4n) is 2.13. The van der Waals surface area contributed by atoms with Gasteiger partial charge in [0.1, 0.15) is 6.10 Å². The Hall–Kier alpha value is -1.45. The summed E-state index contributed by atoms with van der Waals surface area (Å²) >= 11 is 0. The van der Waals surface area contributed by atoms with Gasteiger partial charge in [-0.2, -0.15) is 0 Å².